The van der Waals surface area contributed by atoms with Crippen molar-refractivity contribution in [1.82, 2.24) is 0 Å². The third kappa shape index (κ3) is 4.54. The van der Waals surface area contributed by atoms with Crippen LogP contribution < -0.4 is 16.4 Å². The topological polar surface area (TPSA) is 84.2 Å². The van der Waals surface area contributed by atoms with Crippen molar-refractivity contribution in [1.29, 1.82) is 0 Å². The van der Waals surface area contributed by atoms with Gasteiger partial charge in [-0.2, -0.15) is 0 Å². The predicted molar refractivity (Wildman–Crippen MR) is 77.2 cm³/mol. The SMILES string of the molecule is CC(=O)Nc1cc(Cl)ccc1NC(=O)C(C)C(C)N. The first-order valence-electron chi connectivity index (χ1n) is 5.95. The number of carbonyl (C=O) groups is 2. The van der Waals surface area contributed by atoms with E-state index < -0.39 is 0 Å². The van der Waals surface area contributed by atoms with Gasteiger partial charge in [-0.05, 0) is 25.1 Å². The standard InChI is InChI=1S/C13H18ClN3O2/c1-7(8(2)15)13(19)17-11-5-4-10(14)6-12(11)16-9(3)18/h4-8H,15H2,1-3H3,(H,16,18)(H,17,19). The Morgan fingerprint density at radius 1 is 1.21 bits per heavy atom. The number of halogens is 1. The summed E-state index contributed by atoms with van der Waals surface area (Å²) in [7, 11) is 0. The molecule has 0 radical (unpaired) electrons. The zero-order valence-corrected chi connectivity index (χ0v) is 11.9. The number of hydrogen-bond acceptors (Lipinski definition) is 3. The van der Waals surface area contributed by atoms with Crippen LogP contribution in [-0.4, -0.2) is 17.9 Å². The predicted octanol–water partition coefficient (Wildman–Crippen LogP) is 2.22. The fraction of sp³-hybridized carbons (Fsp3) is 0.385. The Morgan fingerprint density at radius 3 is 2.37 bits per heavy atom. The van der Waals surface area contributed by atoms with E-state index in [2.05, 4.69) is 10.6 Å². The lowest BCUT2D eigenvalue weighted by Crippen LogP contribution is -2.34. The van der Waals surface area contributed by atoms with Crippen molar-refractivity contribution in [2.45, 2.75) is 26.8 Å². The van der Waals surface area contributed by atoms with Gasteiger partial charge in [-0.15, -0.1) is 0 Å². The van der Waals surface area contributed by atoms with E-state index in [0.717, 1.165) is 0 Å². The van der Waals surface area contributed by atoms with Crippen molar-refractivity contribution in [2.75, 3.05) is 10.6 Å². The molecule has 0 saturated heterocycles. The summed E-state index contributed by atoms with van der Waals surface area (Å²) >= 11 is 5.87. The molecule has 6 heteroatoms. The van der Waals surface area contributed by atoms with Crippen LogP contribution in [0.15, 0.2) is 18.2 Å². The maximum Gasteiger partial charge on any atom is 0.228 e. The molecular formula is C13H18ClN3O2. The van der Waals surface area contributed by atoms with E-state index in [-0.39, 0.29) is 23.8 Å². The molecule has 2 atom stereocenters. The minimum Gasteiger partial charge on any atom is -0.327 e. The summed E-state index contributed by atoms with van der Waals surface area (Å²) in [6.45, 7) is 4.89. The highest BCUT2D eigenvalue weighted by Gasteiger charge is 2.18. The maximum atomic E-state index is 11.9. The van der Waals surface area contributed by atoms with Crippen LogP contribution in [0.3, 0.4) is 0 Å². The second-order valence-electron chi connectivity index (χ2n) is 4.51. The first-order chi connectivity index (χ1) is 8.81. The van der Waals surface area contributed by atoms with Gasteiger partial charge in [0.05, 0.1) is 17.3 Å². The van der Waals surface area contributed by atoms with Crippen molar-refractivity contribution >= 4 is 34.8 Å². The number of carbonyl (C=O) groups excluding carboxylic acids is 2. The Bertz CT molecular complexity index is 489. The first kappa shape index (κ1) is 15.5. The second-order valence-corrected chi connectivity index (χ2v) is 4.94. The van der Waals surface area contributed by atoms with Crippen molar-refractivity contribution in [2.24, 2.45) is 11.7 Å². The second kappa shape index (κ2) is 6.54. The summed E-state index contributed by atoms with van der Waals surface area (Å²) < 4.78 is 0. The van der Waals surface area contributed by atoms with Gasteiger partial charge in [0, 0.05) is 18.0 Å². The number of rotatable bonds is 4. The van der Waals surface area contributed by atoms with Crippen LogP contribution in [-0.2, 0) is 9.59 Å². The summed E-state index contributed by atoms with van der Waals surface area (Å²) in [5, 5.41) is 5.82. The van der Waals surface area contributed by atoms with Gasteiger partial charge in [-0.25, -0.2) is 0 Å². The van der Waals surface area contributed by atoms with Crippen molar-refractivity contribution in [3.8, 4) is 0 Å². The molecule has 104 valence electrons. The van der Waals surface area contributed by atoms with Gasteiger partial charge in [0.25, 0.3) is 0 Å². The first-order valence-corrected chi connectivity index (χ1v) is 6.32. The third-order valence-corrected chi connectivity index (χ3v) is 2.99. The van der Waals surface area contributed by atoms with Crippen molar-refractivity contribution in [3.05, 3.63) is 23.2 Å². The molecule has 0 spiro atoms. The van der Waals surface area contributed by atoms with Crippen LogP contribution in [0.5, 0.6) is 0 Å². The molecule has 2 unspecified atom stereocenters. The van der Waals surface area contributed by atoms with E-state index in [4.69, 9.17) is 17.3 Å². The van der Waals surface area contributed by atoms with E-state index >= 15 is 0 Å². The quantitative estimate of drug-likeness (QED) is 0.792. The molecule has 1 aromatic rings. The van der Waals surface area contributed by atoms with Gasteiger partial charge >= 0.3 is 0 Å². The molecule has 0 bridgehead atoms. The molecule has 5 nitrogen and oxygen atoms in total. The molecule has 1 aromatic carbocycles. The van der Waals surface area contributed by atoms with Crippen LogP contribution in [0.25, 0.3) is 0 Å². The van der Waals surface area contributed by atoms with Crippen molar-refractivity contribution in [3.63, 3.8) is 0 Å². The molecule has 19 heavy (non-hydrogen) atoms. The third-order valence-electron chi connectivity index (χ3n) is 2.75. The summed E-state index contributed by atoms with van der Waals surface area (Å²) in [6.07, 6.45) is 0. The molecule has 0 saturated carbocycles. The highest BCUT2D eigenvalue weighted by Crippen LogP contribution is 2.26. The lowest BCUT2D eigenvalue weighted by Gasteiger charge is -2.17. The van der Waals surface area contributed by atoms with Gasteiger partial charge in [0.15, 0.2) is 0 Å². The highest BCUT2D eigenvalue weighted by molar-refractivity contribution is 6.31. The fourth-order valence-corrected chi connectivity index (χ4v) is 1.58. The fourth-order valence-electron chi connectivity index (χ4n) is 1.40. The van der Waals surface area contributed by atoms with Crippen LogP contribution in [0.1, 0.15) is 20.8 Å². The number of nitrogens with two attached hydrogens (primary N) is 1. The van der Waals surface area contributed by atoms with E-state index in [0.29, 0.717) is 16.4 Å². The molecular weight excluding hydrogens is 266 g/mol. The van der Waals surface area contributed by atoms with Crippen LogP contribution >= 0.6 is 11.6 Å². The minimum absolute atomic E-state index is 0.205. The normalized spacial score (nSPS) is 13.5. The van der Waals surface area contributed by atoms with Gasteiger partial charge in [0.2, 0.25) is 11.8 Å². The number of benzene rings is 1. The monoisotopic (exact) mass is 283 g/mol. The van der Waals surface area contributed by atoms with Gasteiger partial charge in [0.1, 0.15) is 0 Å². The Labute approximate surface area is 117 Å². The molecule has 4 N–H and O–H groups in total. The van der Waals surface area contributed by atoms with Crippen LogP contribution in [0, 0.1) is 5.92 Å². The Balaban J connectivity index is 2.94. The maximum absolute atomic E-state index is 11.9. The summed E-state index contributed by atoms with van der Waals surface area (Å²) in [5.74, 6) is -0.775. The molecule has 0 aliphatic rings. The zero-order valence-electron chi connectivity index (χ0n) is 11.2. The van der Waals surface area contributed by atoms with E-state index in [1.165, 1.54) is 6.92 Å². The molecule has 0 aliphatic heterocycles. The van der Waals surface area contributed by atoms with E-state index in [9.17, 15) is 9.59 Å². The van der Waals surface area contributed by atoms with E-state index in [1.54, 1.807) is 32.0 Å². The molecule has 1 rings (SSSR count). The highest BCUT2D eigenvalue weighted by atomic mass is 35.5. The summed E-state index contributed by atoms with van der Waals surface area (Å²) in [6, 6.07) is 4.60. The van der Waals surface area contributed by atoms with Crippen molar-refractivity contribution < 1.29 is 9.59 Å². The Kier molecular flexibility index (Phi) is 5.32. The summed E-state index contributed by atoms with van der Waals surface area (Å²) in [4.78, 5) is 23.1. The Morgan fingerprint density at radius 2 is 1.84 bits per heavy atom. The van der Waals surface area contributed by atoms with Crippen LogP contribution in [0.2, 0.25) is 5.02 Å². The van der Waals surface area contributed by atoms with Gasteiger partial charge in [-0.1, -0.05) is 18.5 Å². The molecule has 0 aliphatic carbocycles. The lowest BCUT2D eigenvalue weighted by atomic mass is 10.0. The minimum atomic E-state index is -0.333. The number of anilines is 2. The average Bonchev–Trinajstić information content (AvgIpc) is 2.30. The van der Waals surface area contributed by atoms with Gasteiger partial charge < -0.3 is 16.4 Å². The molecule has 2 amide bonds. The largest absolute Gasteiger partial charge is 0.327 e. The number of hydrogen-bond donors (Lipinski definition) is 3. The molecule has 0 heterocycles. The smallest absolute Gasteiger partial charge is 0.228 e. The molecule has 0 fully saturated rings. The number of nitrogens with one attached hydrogen (secondary N) is 2. The van der Waals surface area contributed by atoms with E-state index in [1.807, 2.05) is 0 Å². The van der Waals surface area contributed by atoms with Crippen LogP contribution in [0.4, 0.5) is 11.4 Å². The lowest BCUT2D eigenvalue weighted by molar-refractivity contribution is -0.120. The van der Waals surface area contributed by atoms with Gasteiger partial charge in [-0.3, -0.25) is 9.59 Å². The zero-order chi connectivity index (χ0) is 14.6. The molecule has 0 aromatic heterocycles. The average molecular weight is 284 g/mol. The Hall–Kier alpha value is -1.59. The number of amides is 2. The summed E-state index contributed by atoms with van der Waals surface area (Å²) in [5.41, 5.74) is 6.64.